The average molecular weight is 293 g/mol. The van der Waals surface area contributed by atoms with Crippen LogP contribution in [0.25, 0.3) is 0 Å². The fraction of sp³-hybridized carbons (Fsp3) is 0.889. The van der Waals surface area contributed by atoms with Crippen LogP contribution >= 0.6 is 0 Å². The summed E-state index contributed by atoms with van der Waals surface area (Å²) < 4.78 is 0. The minimum atomic E-state index is -0.355. The van der Waals surface area contributed by atoms with Crippen molar-refractivity contribution < 1.29 is 9.59 Å². The summed E-state index contributed by atoms with van der Waals surface area (Å²) in [6.07, 6.45) is 5.70. The highest BCUT2D eigenvalue weighted by molar-refractivity contribution is 5.91. The second-order valence-corrected chi connectivity index (χ2v) is 8.13. The Morgan fingerprint density at radius 1 is 1.19 bits per heavy atom. The van der Waals surface area contributed by atoms with Gasteiger partial charge in [-0.3, -0.25) is 9.59 Å². The van der Waals surface area contributed by atoms with E-state index in [2.05, 4.69) is 12.2 Å². The lowest BCUT2D eigenvalue weighted by Gasteiger charge is -2.30. The molecule has 0 saturated heterocycles. The third-order valence-electron chi connectivity index (χ3n) is 5.52. The Hall–Kier alpha value is -0.860. The van der Waals surface area contributed by atoms with E-state index >= 15 is 0 Å². The van der Waals surface area contributed by atoms with Gasteiger partial charge in [-0.2, -0.15) is 0 Å². The molecule has 2 aliphatic carbocycles. The second-order valence-electron chi connectivity index (χ2n) is 8.13. The minimum absolute atomic E-state index is 0.112. The summed E-state index contributed by atoms with van der Waals surface area (Å²) >= 11 is 0. The minimum Gasteiger partial charge on any atom is -0.346 e. The molecule has 0 aliphatic heterocycles. The summed E-state index contributed by atoms with van der Waals surface area (Å²) in [6, 6.07) is -0.355. The van der Waals surface area contributed by atoms with Crippen molar-refractivity contribution in [2.45, 2.75) is 72.8 Å². The molecule has 3 nitrogen and oxygen atoms in total. The summed E-state index contributed by atoms with van der Waals surface area (Å²) in [4.78, 5) is 24.7. The van der Waals surface area contributed by atoms with Crippen LogP contribution in [0.1, 0.15) is 66.7 Å². The van der Waals surface area contributed by atoms with E-state index in [0.29, 0.717) is 18.3 Å². The molecule has 2 rings (SSSR count). The van der Waals surface area contributed by atoms with Crippen LogP contribution in [0.15, 0.2) is 0 Å². The smallest absolute Gasteiger partial charge is 0.224 e. The summed E-state index contributed by atoms with van der Waals surface area (Å²) in [5.74, 6) is 2.19. The number of hydrogen-bond donors (Lipinski definition) is 1. The first kappa shape index (κ1) is 16.5. The Kier molecular flexibility index (Phi) is 4.79. The number of amides is 1. The molecule has 0 aromatic carbocycles. The highest BCUT2D eigenvalue weighted by atomic mass is 16.2. The first-order chi connectivity index (χ1) is 9.77. The number of carbonyl (C=O) groups is 2. The molecule has 1 N–H and O–H groups in total. The first-order valence-electron chi connectivity index (χ1n) is 8.60. The molecule has 0 spiro atoms. The van der Waals surface area contributed by atoms with Crippen LogP contribution in [0.2, 0.25) is 0 Å². The number of ketones is 1. The van der Waals surface area contributed by atoms with Crippen molar-refractivity contribution in [2.24, 2.45) is 29.1 Å². The van der Waals surface area contributed by atoms with E-state index < -0.39 is 0 Å². The normalized spacial score (nSPS) is 31.0. The number of carbonyl (C=O) groups excluding carboxylic acids is 2. The molecule has 0 radical (unpaired) electrons. The fourth-order valence-electron chi connectivity index (χ4n) is 4.19. The molecule has 0 heterocycles. The van der Waals surface area contributed by atoms with Crippen LogP contribution < -0.4 is 5.32 Å². The van der Waals surface area contributed by atoms with Gasteiger partial charge in [-0.25, -0.2) is 0 Å². The predicted octanol–water partition coefficient (Wildman–Crippen LogP) is 3.57. The van der Waals surface area contributed by atoms with Gasteiger partial charge in [-0.1, -0.05) is 60.3 Å². The molecule has 21 heavy (non-hydrogen) atoms. The van der Waals surface area contributed by atoms with Gasteiger partial charge in [0.05, 0.1) is 6.04 Å². The van der Waals surface area contributed by atoms with E-state index in [0.717, 1.165) is 5.92 Å². The number of hydrogen-bond acceptors (Lipinski definition) is 2. The van der Waals surface area contributed by atoms with Crippen LogP contribution in [-0.4, -0.2) is 17.7 Å². The van der Waals surface area contributed by atoms with E-state index in [1.54, 1.807) is 0 Å². The van der Waals surface area contributed by atoms with Crippen LogP contribution in [0.5, 0.6) is 0 Å². The van der Waals surface area contributed by atoms with Gasteiger partial charge in [0.25, 0.3) is 0 Å². The van der Waals surface area contributed by atoms with Gasteiger partial charge in [0.15, 0.2) is 5.78 Å². The molecule has 120 valence electrons. The maximum atomic E-state index is 12.6. The Labute approximate surface area is 129 Å². The van der Waals surface area contributed by atoms with Gasteiger partial charge in [0, 0.05) is 12.3 Å². The Balaban J connectivity index is 1.98. The summed E-state index contributed by atoms with van der Waals surface area (Å²) in [5, 5.41) is 3.06. The Morgan fingerprint density at radius 3 is 2.24 bits per heavy atom. The van der Waals surface area contributed by atoms with Crippen molar-refractivity contribution >= 4 is 11.7 Å². The van der Waals surface area contributed by atoms with E-state index in [9.17, 15) is 9.59 Å². The lowest BCUT2D eigenvalue weighted by molar-refractivity contribution is -0.131. The summed E-state index contributed by atoms with van der Waals surface area (Å²) in [6.45, 7) is 10.1. The zero-order valence-electron chi connectivity index (χ0n) is 14.2. The van der Waals surface area contributed by atoms with Crippen molar-refractivity contribution in [2.75, 3.05) is 0 Å². The van der Waals surface area contributed by atoms with Gasteiger partial charge in [0.1, 0.15) is 0 Å². The van der Waals surface area contributed by atoms with E-state index in [4.69, 9.17) is 0 Å². The Bertz CT molecular complexity index is 404. The maximum absolute atomic E-state index is 12.6. The van der Waals surface area contributed by atoms with Crippen LogP contribution in [0, 0.1) is 29.1 Å². The highest BCUT2D eigenvalue weighted by Crippen LogP contribution is 2.55. The standard InChI is InChI=1S/C18H31NO2/c1-6-13(20)16(18(3,4)5)19-17(21)15-11(2)14(15)12-9-7-8-10-12/h11-12,14-16H,6-10H2,1-5H3,(H,19,21)/t11-,14?,15?,16?/m1/s1. The molecule has 0 bridgehead atoms. The molecule has 2 saturated carbocycles. The van der Waals surface area contributed by atoms with E-state index in [1.807, 2.05) is 27.7 Å². The third kappa shape index (κ3) is 3.49. The second kappa shape index (κ2) is 6.10. The lowest BCUT2D eigenvalue weighted by atomic mass is 9.83. The first-order valence-corrected chi connectivity index (χ1v) is 8.60. The zero-order chi connectivity index (χ0) is 15.8. The molecule has 2 fully saturated rings. The molecular weight excluding hydrogens is 262 g/mol. The van der Waals surface area contributed by atoms with Crippen molar-refractivity contribution in [3.05, 3.63) is 0 Å². The molecule has 4 atom stereocenters. The van der Waals surface area contributed by atoms with Gasteiger partial charge in [-0.05, 0) is 23.2 Å². The molecule has 3 unspecified atom stereocenters. The highest BCUT2D eigenvalue weighted by Gasteiger charge is 2.55. The molecule has 2 aliphatic rings. The molecule has 0 aromatic rings. The van der Waals surface area contributed by atoms with E-state index in [1.165, 1.54) is 25.7 Å². The van der Waals surface area contributed by atoms with Gasteiger partial charge < -0.3 is 5.32 Å². The largest absolute Gasteiger partial charge is 0.346 e. The van der Waals surface area contributed by atoms with Gasteiger partial charge >= 0.3 is 0 Å². The molecule has 0 aromatic heterocycles. The maximum Gasteiger partial charge on any atom is 0.224 e. The predicted molar refractivity (Wildman–Crippen MR) is 84.8 cm³/mol. The van der Waals surface area contributed by atoms with Crippen molar-refractivity contribution in [3.8, 4) is 0 Å². The molecule has 3 heteroatoms. The number of nitrogens with one attached hydrogen (secondary N) is 1. The lowest BCUT2D eigenvalue weighted by Crippen LogP contribution is -2.49. The van der Waals surface area contributed by atoms with Crippen molar-refractivity contribution in [1.29, 1.82) is 0 Å². The zero-order valence-corrected chi connectivity index (χ0v) is 14.2. The molecular formula is C18H31NO2. The van der Waals surface area contributed by atoms with E-state index in [-0.39, 0.29) is 29.1 Å². The fourth-order valence-corrected chi connectivity index (χ4v) is 4.19. The van der Waals surface area contributed by atoms with Crippen molar-refractivity contribution in [3.63, 3.8) is 0 Å². The summed E-state index contributed by atoms with van der Waals surface area (Å²) in [7, 11) is 0. The monoisotopic (exact) mass is 293 g/mol. The van der Waals surface area contributed by atoms with Crippen LogP contribution in [0.3, 0.4) is 0 Å². The van der Waals surface area contributed by atoms with Crippen LogP contribution in [0.4, 0.5) is 0 Å². The van der Waals surface area contributed by atoms with Crippen LogP contribution in [-0.2, 0) is 9.59 Å². The Morgan fingerprint density at radius 2 is 1.76 bits per heavy atom. The number of Topliss-reactive ketones (excluding diaryl/α,β-unsaturated/α-hetero) is 1. The topological polar surface area (TPSA) is 46.2 Å². The van der Waals surface area contributed by atoms with Gasteiger partial charge in [0.2, 0.25) is 5.91 Å². The summed E-state index contributed by atoms with van der Waals surface area (Å²) in [5.41, 5.74) is -0.219. The average Bonchev–Trinajstić information content (AvgIpc) is 2.85. The quantitative estimate of drug-likeness (QED) is 0.842. The van der Waals surface area contributed by atoms with Crippen molar-refractivity contribution in [1.82, 2.24) is 5.32 Å². The van der Waals surface area contributed by atoms with Gasteiger partial charge in [-0.15, -0.1) is 0 Å². The number of rotatable bonds is 5. The SMILES string of the molecule is CCC(=O)C(NC(=O)C1C(C2CCCC2)[C@H]1C)C(C)(C)C. The third-order valence-corrected chi connectivity index (χ3v) is 5.52. The molecule has 1 amide bonds.